The number of aryl methyl sites for hydroxylation is 1. The molecule has 0 aliphatic carbocycles. The molecule has 0 unspecified atom stereocenters. The molecule has 0 bridgehead atoms. The maximum atomic E-state index is 11.6. The molecule has 1 amide bonds. The lowest BCUT2D eigenvalue weighted by Gasteiger charge is -2.08. The van der Waals surface area contributed by atoms with Crippen molar-refractivity contribution >= 4 is 38.9 Å². The second-order valence-electron chi connectivity index (χ2n) is 4.69. The fourth-order valence-electron chi connectivity index (χ4n) is 2.33. The average molecular weight is 333 g/mol. The molecule has 2 heterocycles. The number of amides is 1. The van der Waals surface area contributed by atoms with Crippen molar-refractivity contribution in [3.8, 4) is 11.5 Å². The number of hydrogen-bond donors (Lipinski definition) is 1. The van der Waals surface area contributed by atoms with Gasteiger partial charge in [-0.05, 0) is 36.2 Å². The van der Waals surface area contributed by atoms with Crippen LogP contribution in [0.1, 0.15) is 22.2 Å². The molecule has 4 nitrogen and oxygen atoms in total. The molecule has 6 heteroatoms. The summed E-state index contributed by atoms with van der Waals surface area (Å²) >= 11 is 7.22. The van der Waals surface area contributed by atoms with Crippen LogP contribution in [0.5, 0.6) is 11.5 Å². The standard InChI is InChI=1S/C16H13ClN2O2S/c1-2-11-14-12(21-10-5-3-9(17)4-6-10)7-19-8-13(14)22-15(11)16(18)20/h3-8H,2H2,1H3,(H2,18,20). The van der Waals surface area contributed by atoms with E-state index in [-0.39, 0.29) is 0 Å². The van der Waals surface area contributed by atoms with Crippen LogP contribution in [0.15, 0.2) is 36.7 Å². The summed E-state index contributed by atoms with van der Waals surface area (Å²) in [5.41, 5.74) is 6.37. The predicted octanol–water partition coefficient (Wildman–Crippen LogP) is 4.40. The minimum atomic E-state index is -0.421. The van der Waals surface area contributed by atoms with Gasteiger partial charge in [0, 0.05) is 16.6 Å². The number of carbonyl (C=O) groups excluding carboxylic acids is 1. The Bertz CT molecular complexity index is 843. The number of hydrogen-bond acceptors (Lipinski definition) is 4. The van der Waals surface area contributed by atoms with Crippen molar-refractivity contribution in [1.82, 2.24) is 4.98 Å². The number of halogens is 1. The summed E-state index contributed by atoms with van der Waals surface area (Å²) in [6.07, 6.45) is 4.06. The molecular formula is C16H13ClN2O2S. The normalized spacial score (nSPS) is 10.8. The lowest BCUT2D eigenvalue weighted by atomic mass is 10.1. The number of ether oxygens (including phenoxy) is 1. The average Bonchev–Trinajstić information content (AvgIpc) is 2.89. The minimum absolute atomic E-state index is 0.421. The second kappa shape index (κ2) is 5.94. The van der Waals surface area contributed by atoms with Crippen LogP contribution >= 0.6 is 22.9 Å². The van der Waals surface area contributed by atoms with Crippen LogP contribution in [0.3, 0.4) is 0 Å². The Morgan fingerprint density at radius 2 is 2.05 bits per heavy atom. The summed E-state index contributed by atoms with van der Waals surface area (Å²) in [6, 6.07) is 7.09. The number of pyridine rings is 1. The zero-order chi connectivity index (χ0) is 15.7. The molecule has 112 valence electrons. The molecule has 0 atom stereocenters. The Hall–Kier alpha value is -2.11. The number of rotatable bonds is 4. The highest BCUT2D eigenvalue weighted by Crippen LogP contribution is 2.38. The van der Waals surface area contributed by atoms with E-state index in [1.165, 1.54) is 11.3 Å². The van der Waals surface area contributed by atoms with Crippen molar-refractivity contribution in [3.05, 3.63) is 52.1 Å². The van der Waals surface area contributed by atoms with Crippen LogP contribution < -0.4 is 10.5 Å². The third-order valence-corrected chi connectivity index (χ3v) is 4.72. The lowest BCUT2D eigenvalue weighted by molar-refractivity contribution is 0.100. The summed E-state index contributed by atoms with van der Waals surface area (Å²) in [6.45, 7) is 1.99. The van der Waals surface area contributed by atoms with Crippen LogP contribution in [0.2, 0.25) is 5.02 Å². The molecule has 0 saturated heterocycles. The lowest BCUT2D eigenvalue weighted by Crippen LogP contribution is -2.10. The van der Waals surface area contributed by atoms with E-state index < -0.39 is 5.91 Å². The van der Waals surface area contributed by atoms with Crippen molar-refractivity contribution in [2.24, 2.45) is 5.73 Å². The van der Waals surface area contributed by atoms with Gasteiger partial charge in [0.05, 0.1) is 15.8 Å². The summed E-state index contributed by atoms with van der Waals surface area (Å²) < 4.78 is 6.80. The van der Waals surface area contributed by atoms with Crippen LogP contribution in [0.4, 0.5) is 0 Å². The van der Waals surface area contributed by atoms with Crippen molar-refractivity contribution in [1.29, 1.82) is 0 Å². The third-order valence-electron chi connectivity index (χ3n) is 3.28. The minimum Gasteiger partial charge on any atom is -0.455 e. The van der Waals surface area contributed by atoms with Gasteiger partial charge in [-0.25, -0.2) is 0 Å². The van der Waals surface area contributed by atoms with Crippen LogP contribution in [-0.2, 0) is 6.42 Å². The zero-order valence-corrected chi connectivity index (χ0v) is 13.4. The SMILES string of the molecule is CCc1c(C(N)=O)sc2cncc(Oc3ccc(Cl)cc3)c12. The third kappa shape index (κ3) is 2.65. The van der Waals surface area contributed by atoms with Crippen LogP contribution in [0, 0.1) is 0 Å². The van der Waals surface area contributed by atoms with Gasteiger partial charge in [-0.3, -0.25) is 9.78 Å². The summed E-state index contributed by atoms with van der Waals surface area (Å²) in [4.78, 5) is 16.4. The molecule has 0 spiro atoms. The first kappa shape index (κ1) is 14.8. The number of nitrogens with zero attached hydrogens (tertiary/aromatic N) is 1. The Balaban J connectivity index is 2.13. The molecule has 3 aromatic rings. The molecule has 0 saturated carbocycles. The van der Waals surface area contributed by atoms with Gasteiger partial charge in [0.1, 0.15) is 5.75 Å². The van der Waals surface area contributed by atoms with E-state index >= 15 is 0 Å². The number of primary amides is 1. The predicted molar refractivity (Wildman–Crippen MR) is 89.0 cm³/mol. The Kier molecular flexibility index (Phi) is 4.00. The highest BCUT2D eigenvalue weighted by atomic mass is 35.5. The number of fused-ring (bicyclic) bond motifs is 1. The van der Waals surface area contributed by atoms with E-state index in [9.17, 15) is 4.79 Å². The van der Waals surface area contributed by atoms with E-state index in [2.05, 4.69) is 4.98 Å². The second-order valence-corrected chi connectivity index (χ2v) is 6.18. The fourth-order valence-corrected chi connectivity index (χ4v) is 3.58. The van der Waals surface area contributed by atoms with E-state index in [1.54, 1.807) is 36.7 Å². The van der Waals surface area contributed by atoms with E-state index in [1.807, 2.05) is 6.92 Å². The topological polar surface area (TPSA) is 65.2 Å². The first-order valence-corrected chi connectivity index (χ1v) is 7.92. The summed E-state index contributed by atoms with van der Waals surface area (Å²) in [5, 5.41) is 1.54. The van der Waals surface area contributed by atoms with Crippen molar-refractivity contribution in [2.75, 3.05) is 0 Å². The molecule has 2 N–H and O–H groups in total. The van der Waals surface area contributed by atoms with Crippen LogP contribution in [0.25, 0.3) is 10.1 Å². The maximum absolute atomic E-state index is 11.6. The van der Waals surface area contributed by atoms with Crippen LogP contribution in [-0.4, -0.2) is 10.9 Å². The van der Waals surface area contributed by atoms with Crippen molar-refractivity contribution in [3.63, 3.8) is 0 Å². The smallest absolute Gasteiger partial charge is 0.259 e. The zero-order valence-electron chi connectivity index (χ0n) is 11.8. The van der Waals surface area contributed by atoms with Crippen molar-refractivity contribution < 1.29 is 9.53 Å². The fraction of sp³-hybridized carbons (Fsp3) is 0.125. The molecule has 3 rings (SSSR count). The van der Waals surface area contributed by atoms with Gasteiger partial charge in [0.15, 0.2) is 5.75 Å². The van der Waals surface area contributed by atoms with Gasteiger partial charge in [-0.1, -0.05) is 18.5 Å². The number of carbonyl (C=O) groups is 1. The van der Waals surface area contributed by atoms with Crippen molar-refractivity contribution in [2.45, 2.75) is 13.3 Å². The van der Waals surface area contributed by atoms with Gasteiger partial charge in [-0.2, -0.15) is 0 Å². The number of thiophene rings is 1. The van der Waals surface area contributed by atoms with Gasteiger partial charge in [0.25, 0.3) is 5.91 Å². The first-order chi connectivity index (χ1) is 10.6. The molecule has 22 heavy (non-hydrogen) atoms. The van der Waals surface area contributed by atoms with Gasteiger partial charge < -0.3 is 10.5 Å². The highest BCUT2D eigenvalue weighted by molar-refractivity contribution is 7.21. The number of aromatic nitrogens is 1. The van der Waals surface area contributed by atoms with Gasteiger partial charge in [-0.15, -0.1) is 11.3 Å². The van der Waals surface area contributed by atoms with E-state index in [4.69, 9.17) is 22.1 Å². The summed E-state index contributed by atoms with van der Waals surface area (Å²) in [7, 11) is 0. The molecular weight excluding hydrogens is 320 g/mol. The number of nitrogens with two attached hydrogens (primary N) is 1. The largest absolute Gasteiger partial charge is 0.455 e. The van der Waals surface area contributed by atoms with E-state index in [0.717, 1.165) is 15.6 Å². The molecule has 0 aliphatic rings. The van der Waals surface area contributed by atoms with Gasteiger partial charge >= 0.3 is 0 Å². The molecule has 0 radical (unpaired) electrons. The first-order valence-electron chi connectivity index (χ1n) is 6.72. The molecule has 0 aliphatic heterocycles. The Morgan fingerprint density at radius 3 is 2.68 bits per heavy atom. The molecule has 0 fully saturated rings. The van der Waals surface area contributed by atoms with E-state index in [0.29, 0.717) is 27.8 Å². The quantitative estimate of drug-likeness (QED) is 0.770. The molecule has 2 aromatic heterocycles. The Labute approximate surface area is 136 Å². The maximum Gasteiger partial charge on any atom is 0.259 e. The monoisotopic (exact) mass is 332 g/mol. The van der Waals surface area contributed by atoms with Gasteiger partial charge in [0.2, 0.25) is 0 Å². The highest BCUT2D eigenvalue weighted by Gasteiger charge is 2.18. The Morgan fingerprint density at radius 1 is 1.32 bits per heavy atom. The summed E-state index contributed by atoms with van der Waals surface area (Å²) in [5.74, 6) is 0.850. The number of benzene rings is 1. The molecule has 1 aromatic carbocycles.